The SMILES string of the molecule is COc1ccc([C@@H]2O[C@@]34CCCC[C@H]3[C@](C#N)(C(=N)O4)C2(C#N)C#N)cc1. The molecular weight excluding hydrogens is 344 g/mol. The summed E-state index contributed by atoms with van der Waals surface area (Å²) in [6.45, 7) is 0. The largest absolute Gasteiger partial charge is 0.497 e. The predicted molar refractivity (Wildman–Crippen MR) is 92.0 cm³/mol. The maximum absolute atomic E-state index is 10.2. The molecule has 3 aliphatic rings. The van der Waals surface area contributed by atoms with Crippen LogP contribution in [-0.4, -0.2) is 18.8 Å². The van der Waals surface area contributed by atoms with E-state index in [4.69, 9.17) is 19.6 Å². The fraction of sp³-hybridized carbons (Fsp3) is 0.500. The van der Waals surface area contributed by atoms with E-state index in [0.29, 0.717) is 24.2 Å². The van der Waals surface area contributed by atoms with Crippen LogP contribution in [0.15, 0.2) is 24.3 Å². The normalized spacial score (nSPS) is 35.7. The van der Waals surface area contributed by atoms with Crippen molar-refractivity contribution in [3.05, 3.63) is 29.8 Å². The van der Waals surface area contributed by atoms with Crippen LogP contribution in [0.2, 0.25) is 0 Å². The summed E-state index contributed by atoms with van der Waals surface area (Å²) in [5.74, 6) is -1.34. The minimum absolute atomic E-state index is 0.323. The first kappa shape index (κ1) is 17.3. The highest BCUT2D eigenvalue weighted by Crippen LogP contribution is 2.69. The maximum atomic E-state index is 10.2. The van der Waals surface area contributed by atoms with Crippen molar-refractivity contribution in [3.8, 4) is 24.0 Å². The number of nitrogens with one attached hydrogen (secondary N) is 1. The van der Waals surface area contributed by atoms with Crippen LogP contribution >= 0.6 is 0 Å². The van der Waals surface area contributed by atoms with Gasteiger partial charge in [-0.15, -0.1) is 0 Å². The molecule has 1 aromatic rings. The molecule has 4 rings (SSSR count). The molecule has 4 atom stereocenters. The zero-order chi connectivity index (χ0) is 19.3. The van der Waals surface area contributed by atoms with Gasteiger partial charge in [-0.1, -0.05) is 18.6 Å². The van der Waals surface area contributed by atoms with Gasteiger partial charge in [0.2, 0.25) is 17.1 Å². The van der Waals surface area contributed by atoms with E-state index in [1.165, 1.54) is 0 Å². The van der Waals surface area contributed by atoms with E-state index in [0.717, 1.165) is 12.8 Å². The molecule has 1 saturated carbocycles. The number of nitrogens with zero attached hydrogens (tertiary/aromatic N) is 3. The molecule has 7 heteroatoms. The third kappa shape index (κ3) is 1.89. The average molecular weight is 362 g/mol. The highest BCUT2D eigenvalue weighted by molar-refractivity contribution is 5.89. The van der Waals surface area contributed by atoms with Crippen LogP contribution in [-0.2, 0) is 9.47 Å². The molecule has 1 N–H and O–H groups in total. The van der Waals surface area contributed by atoms with Crippen molar-refractivity contribution in [2.45, 2.75) is 37.6 Å². The Bertz CT molecular complexity index is 909. The van der Waals surface area contributed by atoms with E-state index >= 15 is 0 Å². The first-order valence-electron chi connectivity index (χ1n) is 8.87. The number of hydrogen-bond acceptors (Lipinski definition) is 7. The summed E-state index contributed by atoms with van der Waals surface area (Å²) in [5, 5.41) is 38.8. The van der Waals surface area contributed by atoms with Crippen molar-refractivity contribution in [2.24, 2.45) is 16.7 Å². The molecule has 1 aromatic carbocycles. The molecule has 0 aromatic heterocycles. The lowest BCUT2D eigenvalue weighted by Gasteiger charge is -2.51. The Labute approximate surface area is 157 Å². The van der Waals surface area contributed by atoms with Crippen molar-refractivity contribution in [1.82, 2.24) is 0 Å². The number of methoxy groups -OCH3 is 1. The zero-order valence-corrected chi connectivity index (χ0v) is 14.9. The van der Waals surface area contributed by atoms with Gasteiger partial charge < -0.3 is 14.2 Å². The Balaban J connectivity index is 1.95. The van der Waals surface area contributed by atoms with Gasteiger partial charge in [-0.05, 0) is 30.5 Å². The zero-order valence-electron chi connectivity index (χ0n) is 14.9. The first-order valence-corrected chi connectivity index (χ1v) is 8.87. The monoisotopic (exact) mass is 362 g/mol. The first-order chi connectivity index (χ1) is 13.0. The summed E-state index contributed by atoms with van der Waals surface area (Å²) in [4.78, 5) is 0. The van der Waals surface area contributed by atoms with Gasteiger partial charge in [-0.3, -0.25) is 5.41 Å². The van der Waals surface area contributed by atoms with Crippen molar-refractivity contribution >= 4 is 5.90 Å². The lowest BCUT2D eigenvalue weighted by molar-refractivity contribution is -0.294. The maximum Gasteiger partial charge on any atom is 0.217 e. The van der Waals surface area contributed by atoms with Crippen LogP contribution in [0.5, 0.6) is 5.75 Å². The number of rotatable bonds is 2. The van der Waals surface area contributed by atoms with Crippen molar-refractivity contribution < 1.29 is 14.2 Å². The second-order valence-corrected chi connectivity index (χ2v) is 7.26. The van der Waals surface area contributed by atoms with Crippen LogP contribution in [0, 0.1) is 56.2 Å². The Hall–Kier alpha value is -3.08. The molecule has 0 unspecified atom stereocenters. The minimum atomic E-state index is -1.88. The molecule has 27 heavy (non-hydrogen) atoms. The Morgan fingerprint density at radius 1 is 1.11 bits per heavy atom. The van der Waals surface area contributed by atoms with E-state index in [2.05, 4.69) is 18.2 Å². The van der Waals surface area contributed by atoms with Gasteiger partial charge in [0.1, 0.15) is 11.9 Å². The van der Waals surface area contributed by atoms with E-state index in [-0.39, 0.29) is 5.90 Å². The van der Waals surface area contributed by atoms with Crippen LogP contribution < -0.4 is 4.74 Å². The summed E-state index contributed by atoms with van der Waals surface area (Å²) < 4.78 is 17.3. The average Bonchev–Trinajstić information content (AvgIpc) is 2.92. The fourth-order valence-corrected chi connectivity index (χ4v) is 4.94. The fourth-order valence-electron chi connectivity index (χ4n) is 4.94. The highest BCUT2D eigenvalue weighted by atomic mass is 16.7. The molecule has 2 saturated heterocycles. The molecule has 0 radical (unpaired) electrons. The quantitative estimate of drug-likeness (QED) is 0.861. The van der Waals surface area contributed by atoms with Gasteiger partial charge >= 0.3 is 0 Å². The van der Waals surface area contributed by atoms with Gasteiger partial charge in [-0.2, -0.15) is 15.8 Å². The second kappa shape index (κ2) is 5.71. The lowest BCUT2D eigenvalue weighted by atomic mass is 9.51. The van der Waals surface area contributed by atoms with E-state index in [1.54, 1.807) is 31.4 Å². The third-order valence-corrected chi connectivity index (χ3v) is 6.23. The molecule has 2 heterocycles. The molecular formula is C20H18N4O3. The molecule has 0 amide bonds. The Kier molecular flexibility index (Phi) is 3.67. The van der Waals surface area contributed by atoms with E-state index in [9.17, 15) is 15.8 Å². The number of hydrogen-bond donors (Lipinski definition) is 1. The molecule has 136 valence electrons. The van der Waals surface area contributed by atoms with Crippen molar-refractivity contribution in [1.29, 1.82) is 21.2 Å². The standard InChI is InChI=1S/C20H18N4O3/c1-25-14-7-5-13(6-8-14)16-18(10-21,11-22)19(12-23)15-4-2-3-9-20(15,26-16)27-17(19)24/h5-8,15-16,24H,2-4,9H2,1H3/t15-,16-,19+,20+/m0/s1. The van der Waals surface area contributed by atoms with Gasteiger partial charge in [0.15, 0.2) is 5.41 Å². The lowest BCUT2D eigenvalue weighted by Crippen LogP contribution is -2.60. The third-order valence-electron chi connectivity index (χ3n) is 6.23. The summed E-state index contributed by atoms with van der Waals surface area (Å²) in [5.41, 5.74) is -2.95. The Morgan fingerprint density at radius 3 is 2.41 bits per heavy atom. The number of ether oxygens (including phenoxy) is 3. The smallest absolute Gasteiger partial charge is 0.217 e. The van der Waals surface area contributed by atoms with Crippen LogP contribution in [0.4, 0.5) is 0 Å². The Morgan fingerprint density at radius 2 is 1.81 bits per heavy atom. The molecule has 7 nitrogen and oxygen atoms in total. The van der Waals surface area contributed by atoms with E-state index < -0.39 is 28.6 Å². The highest BCUT2D eigenvalue weighted by Gasteiger charge is 2.80. The minimum Gasteiger partial charge on any atom is -0.497 e. The summed E-state index contributed by atoms with van der Waals surface area (Å²) in [6.07, 6.45) is 1.79. The molecule has 0 spiro atoms. The van der Waals surface area contributed by atoms with Gasteiger partial charge in [0.05, 0.1) is 31.2 Å². The van der Waals surface area contributed by atoms with Crippen molar-refractivity contribution in [2.75, 3.05) is 7.11 Å². The molecule has 2 bridgehead atoms. The van der Waals surface area contributed by atoms with E-state index in [1.807, 2.05) is 0 Å². The van der Waals surface area contributed by atoms with Crippen LogP contribution in [0.1, 0.15) is 37.4 Å². The summed E-state index contributed by atoms with van der Waals surface area (Å²) >= 11 is 0. The second-order valence-electron chi connectivity index (χ2n) is 7.26. The molecule has 2 aliphatic heterocycles. The van der Waals surface area contributed by atoms with Gasteiger partial charge in [-0.25, -0.2) is 0 Å². The van der Waals surface area contributed by atoms with Gasteiger partial charge in [0.25, 0.3) is 0 Å². The predicted octanol–water partition coefficient (Wildman–Crippen LogP) is 3.20. The van der Waals surface area contributed by atoms with Crippen molar-refractivity contribution in [3.63, 3.8) is 0 Å². The van der Waals surface area contributed by atoms with Gasteiger partial charge in [0, 0.05) is 6.42 Å². The van der Waals surface area contributed by atoms with Crippen LogP contribution in [0.25, 0.3) is 0 Å². The topological polar surface area (TPSA) is 123 Å². The molecule has 1 aliphatic carbocycles. The summed E-state index contributed by atoms with van der Waals surface area (Å²) in [7, 11) is 1.55. The number of benzene rings is 1. The van der Waals surface area contributed by atoms with Crippen LogP contribution in [0.3, 0.4) is 0 Å². The summed E-state index contributed by atoms with van der Waals surface area (Å²) in [6, 6.07) is 13.2. The molecule has 3 fully saturated rings. The number of nitriles is 3.